The van der Waals surface area contributed by atoms with E-state index < -0.39 is 34.7 Å². The number of aromatic hydroxyl groups is 1. The normalized spacial score (nSPS) is 17.2. The predicted octanol–water partition coefficient (Wildman–Crippen LogP) is 3.47. The number of carbonyl (C=O) groups is 3. The number of carbonyl (C=O) groups excluding carboxylic acids is 3. The summed E-state index contributed by atoms with van der Waals surface area (Å²) in [7, 11) is 3.92. The number of nitrogens with zero attached hydrogens (tertiary/aromatic N) is 2. The van der Waals surface area contributed by atoms with E-state index in [4.69, 9.17) is 0 Å². The van der Waals surface area contributed by atoms with Crippen LogP contribution in [0.5, 0.6) is 5.75 Å². The average molecular weight is 605 g/mol. The number of phenolic OH excluding ortho intramolecular Hbond substituents is 1. The van der Waals surface area contributed by atoms with Gasteiger partial charge in [-0.25, -0.2) is 0 Å². The second-order valence-corrected chi connectivity index (χ2v) is 13.1. The second-order valence-electron chi connectivity index (χ2n) is 11.5. The molecule has 1 aliphatic heterocycles. The van der Waals surface area contributed by atoms with Gasteiger partial charge in [0.25, 0.3) is 11.8 Å². The number of aliphatic hydroxyl groups is 1. The SMILES string of the molecule is Cc1c(O)cccc1C(=O)NC(Cc1ccccc1)C(O)C(=O)N1CSC(C)(C)C1C(=O)NCc1ccc(N(C)C)cc1. The molecule has 1 heterocycles. The highest BCUT2D eigenvalue weighted by atomic mass is 32.2. The summed E-state index contributed by atoms with van der Waals surface area (Å²) in [4.78, 5) is 44.1. The summed E-state index contributed by atoms with van der Waals surface area (Å²) < 4.78 is -0.606. The standard InChI is InChI=1S/C33H40N4O5S/c1-21-25(12-9-13-27(21)38)30(40)35-26(18-22-10-7-6-8-11-22)28(39)32(42)37-20-43-33(2,3)29(37)31(41)34-19-23-14-16-24(17-15-23)36(4)5/h6-17,26,28-29,38-39H,18-20H2,1-5H3,(H,34,41)(H,35,40). The number of amides is 3. The quantitative estimate of drug-likeness (QED) is 0.280. The topological polar surface area (TPSA) is 122 Å². The van der Waals surface area contributed by atoms with Crippen molar-refractivity contribution < 1.29 is 24.6 Å². The molecule has 0 saturated carbocycles. The number of anilines is 1. The molecular weight excluding hydrogens is 564 g/mol. The molecule has 3 atom stereocenters. The number of thioether (sulfide) groups is 1. The summed E-state index contributed by atoms with van der Waals surface area (Å²) in [6, 6.07) is 19.9. The zero-order valence-electron chi connectivity index (χ0n) is 25.2. The van der Waals surface area contributed by atoms with Gasteiger partial charge in [0.1, 0.15) is 11.8 Å². The fraction of sp³-hybridized carbons (Fsp3) is 0.364. The number of benzene rings is 3. The predicted molar refractivity (Wildman–Crippen MR) is 170 cm³/mol. The zero-order valence-corrected chi connectivity index (χ0v) is 26.0. The molecule has 43 heavy (non-hydrogen) atoms. The van der Waals surface area contributed by atoms with Gasteiger partial charge in [-0.1, -0.05) is 48.5 Å². The molecule has 0 aromatic heterocycles. The van der Waals surface area contributed by atoms with Crippen molar-refractivity contribution in [3.05, 3.63) is 95.1 Å². The summed E-state index contributed by atoms with van der Waals surface area (Å²) in [6.07, 6.45) is -1.44. The molecular formula is C33H40N4O5S. The van der Waals surface area contributed by atoms with Crippen LogP contribution >= 0.6 is 11.8 Å². The lowest BCUT2D eigenvalue weighted by molar-refractivity contribution is -0.147. The number of phenols is 1. The molecule has 0 spiro atoms. The van der Waals surface area contributed by atoms with Crippen molar-refractivity contribution in [1.82, 2.24) is 15.5 Å². The van der Waals surface area contributed by atoms with E-state index in [1.807, 2.05) is 87.4 Å². The molecule has 4 N–H and O–H groups in total. The van der Waals surface area contributed by atoms with Crippen LogP contribution in [0.15, 0.2) is 72.8 Å². The average Bonchev–Trinajstić information content (AvgIpc) is 3.31. The number of aliphatic hydroxyl groups excluding tert-OH is 1. The Morgan fingerprint density at radius 1 is 1.00 bits per heavy atom. The first-order chi connectivity index (χ1) is 20.4. The van der Waals surface area contributed by atoms with E-state index in [1.165, 1.54) is 22.7 Å². The van der Waals surface area contributed by atoms with Crippen LogP contribution in [-0.4, -0.2) is 75.7 Å². The van der Waals surface area contributed by atoms with Gasteiger partial charge in [0.15, 0.2) is 6.10 Å². The first-order valence-electron chi connectivity index (χ1n) is 14.2. The molecule has 9 nitrogen and oxygen atoms in total. The van der Waals surface area contributed by atoms with E-state index >= 15 is 0 Å². The maximum absolute atomic E-state index is 13.9. The van der Waals surface area contributed by atoms with Crippen molar-refractivity contribution in [3.8, 4) is 5.75 Å². The zero-order chi connectivity index (χ0) is 31.3. The third-order valence-corrected chi connectivity index (χ3v) is 9.17. The Labute approximate surface area is 257 Å². The highest BCUT2D eigenvalue weighted by Crippen LogP contribution is 2.40. The lowest BCUT2D eigenvalue weighted by atomic mass is 9.96. The summed E-state index contributed by atoms with van der Waals surface area (Å²) >= 11 is 1.46. The van der Waals surface area contributed by atoms with Crippen LogP contribution < -0.4 is 15.5 Å². The lowest BCUT2D eigenvalue weighted by Crippen LogP contribution is -2.58. The molecule has 3 aromatic carbocycles. The fourth-order valence-electron chi connectivity index (χ4n) is 5.18. The van der Waals surface area contributed by atoms with Crippen LogP contribution in [0.3, 0.4) is 0 Å². The van der Waals surface area contributed by atoms with Gasteiger partial charge in [0.2, 0.25) is 5.91 Å². The summed E-state index contributed by atoms with van der Waals surface area (Å²) in [6.45, 7) is 5.73. The van der Waals surface area contributed by atoms with E-state index in [0.717, 1.165) is 16.8 Å². The number of nitrogens with one attached hydrogen (secondary N) is 2. The summed E-state index contributed by atoms with van der Waals surface area (Å²) in [5.41, 5.74) is 3.42. The van der Waals surface area contributed by atoms with Gasteiger partial charge in [0, 0.05) is 42.2 Å². The monoisotopic (exact) mass is 604 g/mol. The molecule has 1 aliphatic rings. The van der Waals surface area contributed by atoms with Gasteiger partial charge < -0.3 is 30.6 Å². The van der Waals surface area contributed by atoms with Crippen molar-refractivity contribution in [3.63, 3.8) is 0 Å². The van der Waals surface area contributed by atoms with Crippen molar-refractivity contribution in [2.45, 2.75) is 56.7 Å². The number of hydrogen-bond donors (Lipinski definition) is 4. The molecule has 228 valence electrons. The molecule has 1 fully saturated rings. The number of rotatable bonds is 10. The molecule has 3 amide bonds. The molecule has 4 rings (SSSR count). The molecule has 0 radical (unpaired) electrons. The van der Waals surface area contributed by atoms with Crippen LogP contribution in [0.4, 0.5) is 5.69 Å². The molecule has 3 aromatic rings. The molecule has 10 heteroatoms. The third kappa shape index (κ3) is 7.50. The van der Waals surface area contributed by atoms with Gasteiger partial charge in [-0.3, -0.25) is 14.4 Å². The minimum atomic E-state index is -1.62. The highest BCUT2D eigenvalue weighted by molar-refractivity contribution is 8.00. The fourth-order valence-corrected chi connectivity index (χ4v) is 6.32. The van der Waals surface area contributed by atoms with E-state index in [9.17, 15) is 24.6 Å². The van der Waals surface area contributed by atoms with Crippen LogP contribution in [-0.2, 0) is 22.6 Å². The van der Waals surface area contributed by atoms with E-state index in [1.54, 1.807) is 19.1 Å². The van der Waals surface area contributed by atoms with Crippen LogP contribution in [0.25, 0.3) is 0 Å². The Kier molecular flexibility index (Phi) is 10.0. The summed E-state index contributed by atoms with van der Waals surface area (Å²) in [5.74, 6) is -1.28. The Hall–Kier alpha value is -4.02. The first-order valence-corrected chi connectivity index (χ1v) is 15.2. The van der Waals surface area contributed by atoms with Crippen LogP contribution in [0.2, 0.25) is 0 Å². The minimum absolute atomic E-state index is 0.0253. The maximum Gasteiger partial charge on any atom is 0.254 e. The van der Waals surface area contributed by atoms with Crippen molar-refractivity contribution >= 4 is 35.2 Å². The van der Waals surface area contributed by atoms with Crippen LogP contribution in [0, 0.1) is 6.92 Å². The molecule has 1 saturated heterocycles. The maximum atomic E-state index is 13.9. The van der Waals surface area contributed by atoms with Gasteiger partial charge in [-0.2, -0.15) is 0 Å². The summed E-state index contributed by atoms with van der Waals surface area (Å²) in [5, 5.41) is 27.4. The van der Waals surface area contributed by atoms with Crippen molar-refractivity contribution in [1.29, 1.82) is 0 Å². The Morgan fingerprint density at radius 2 is 1.67 bits per heavy atom. The lowest BCUT2D eigenvalue weighted by Gasteiger charge is -2.33. The van der Waals surface area contributed by atoms with Crippen LogP contribution in [0.1, 0.15) is 40.9 Å². The minimum Gasteiger partial charge on any atom is -0.508 e. The molecule has 0 bridgehead atoms. The highest BCUT2D eigenvalue weighted by Gasteiger charge is 2.49. The Bertz CT molecular complexity index is 1450. The Balaban J connectivity index is 1.53. The first kappa shape index (κ1) is 31.9. The van der Waals surface area contributed by atoms with Gasteiger partial charge in [-0.05, 0) is 62.6 Å². The largest absolute Gasteiger partial charge is 0.508 e. The van der Waals surface area contributed by atoms with Crippen molar-refractivity contribution in [2.75, 3.05) is 24.9 Å². The van der Waals surface area contributed by atoms with Gasteiger partial charge in [0.05, 0.1) is 11.9 Å². The van der Waals surface area contributed by atoms with E-state index in [2.05, 4.69) is 10.6 Å². The second kappa shape index (κ2) is 13.5. The van der Waals surface area contributed by atoms with Gasteiger partial charge >= 0.3 is 0 Å². The molecule has 3 unspecified atom stereocenters. The van der Waals surface area contributed by atoms with Gasteiger partial charge in [-0.15, -0.1) is 11.8 Å². The molecule has 0 aliphatic carbocycles. The van der Waals surface area contributed by atoms with E-state index in [-0.39, 0.29) is 29.5 Å². The van der Waals surface area contributed by atoms with Crippen molar-refractivity contribution in [2.24, 2.45) is 0 Å². The smallest absolute Gasteiger partial charge is 0.254 e. The van der Waals surface area contributed by atoms with E-state index in [0.29, 0.717) is 12.1 Å². The number of hydrogen-bond acceptors (Lipinski definition) is 7. The Morgan fingerprint density at radius 3 is 2.33 bits per heavy atom. The third-order valence-electron chi connectivity index (χ3n) is 7.80.